The molecular formula is C16H18N4O3. The Labute approximate surface area is 133 Å². The fraction of sp³-hybridized carbons (Fsp3) is 0.375. The first-order valence-electron chi connectivity index (χ1n) is 7.54. The number of carbonyl (C=O) groups is 2. The summed E-state index contributed by atoms with van der Waals surface area (Å²) in [6.07, 6.45) is 1.01. The summed E-state index contributed by atoms with van der Waals surface area (Å²) in [6, 6.07) is 7.08. The van der Waals surface area contributed by atoms with Crippen LogP contribution < -0.4 is 5.32 Å². The fourth-order valence-corrected chi connectivity index (χ4v) is 2.50. The third-order valence-electron chi connectivity index (χ3n) is 3.92. The van der Waals surface area contributed by atoms with Crippen molar-refractivity contribution in [2.75, 3.05) is 13.6 Å². The van der Waals surface area contributed by atoms with E-state index >= 15 is 0 Å². The summed E-state index contributed by atoms with van der Waals surface area (Å²) in [6.45, 7) is 2.25. The Morgan fingerprint density at radius 2 is 1.87 bits per heavy atom. The van der Waals surface area contributed by atoms with E-state index in [-0.39, 0.29) is 24.4 Å². The molecule has 0 bridgehead atoms. The molecule has 2 aromatic rings. The van der Waals surface area contributed by atoms with Crippen LogP contribution in [0.25, 0.3) is 0 Å². The van der Waals surface area contributed by atoms with E-state index in [9.17, 15) is 9.59 Å². The minimum Gasteiger partial charge on any atom is -0.339 e. The molecule has 7 heteroatoms. The lowest BCUT2D eigenvalue weighted by molar-refractivity contribution is 0.0653. The molecule has 0 saturated carbocycles. The summed E-state index contributed by atoms with van der Waals surface area (Å²) in [4.78, 5) is 30.0. The van der Waals surface area contributed by atoms with Crippen molar-refractivity contribution < 1.29 is 14.1 Å². The molecule has 0 radical (unpaired) electrons. The van der Waals surface area contributed by atoms with Gasteiger partial charge in [0.1, 0.15) is 0 Å². The highest BCUT2D eigenvalue weighted by molar-refractivity contribution is 6.21. The summed E-state index contributed by atoms with van der Waals surface area (Å²) < 4.78 is 5.18. The van der Waals surface area contributed by atoms with Crippen LogP contribution in [0.4, 0.5) is 0 Å². The Balaban J connectivity index is 1.64. The number of imide groups is 1. The van der Waals surface area contributed by atoms with E-state index in [0.29, 0.717) is 35.7 Å². The molecule has 1 aromatic carbocycles. The quantitative estimate of drug-likeness (QED) is 0.802. The summed E-state index contributed by atoms with van der Waals surface area (Å²) in [5, 5.41) is 7.01. The summed E-state index contributed by atoms with van der Waals surface area (Å²) in [5.41, 5.74) is 0.901. The Bertz CT molecular complexity index is 705. The normalized spacial score (nSPS) is 15.1. The number of rotatable bonds is 6. The van der Waals surface area contributed by atoms with Gasteiger partial charge in [-0.25, -0.2) is 0 Å². The first-order valence-corrected chi connectivity index (χ1v) is 7.54. The highest BCUT2D eigenvalue weighted by atomic mass is 16.5. The fourth-order valence-electron chi connectivity index (χ4n) is 2.50. The van der Waals surface area contributed by atoms with Crippen molar-refractivity contribution in [2.45, 2.75) is 25.8 Å². The second-order valence-electron chi connectivity index (χ2n) is 5.56. The number of nitrogens with zero attached hydrogens (tertiary/aromatic N) is 3. The smallest absolute Gasteiger partial charge is 0.261 e. The maximum absolute atomic E-state index is 12.2. The van der Waals surface area contributed by atoms with Crippen molar-refractivity contribution in [3.63, 3.8) is 0 Å². The van der Waals surface area contributed by atoms with Crippen molar-refractivity contribution in [2.24, 2.45) is 0 Å². The predicted molar refractivity (Wildman–Crippen MR) is 82.0 cm³/mol. The van der Waals surface area contributed by atoms with Gasteiger partial charge in [-0.05, 0) is 26.1 Å². The van der Waals surface area contributed by atoms with Crippen molar-refractivity contribution in [3.05, 3.63) is 47.1 Å². The van der Waals surface area contributed by atoms with Crippen LogP contribution in [0.5, 0.6) is 0 Å². The molecule has 0 aliphatic carbocycles. The Morgan fingerprint density at radius 3 is 2.48 bits per heavy atom. The summed E-state index contributed by atoms with van der Waals surface area (Å²) in [7, 11) is 1.87. The molecule has 1 atom stereocenters. The number of hydrogen-bond donors (Lipinski definition) is 1. The van der Waals surface area contributed by atoms with Gasteiger partial charge in [0.25, 0.3) is 11.8 Å². The zero-order chi connectivity index (χ0) is 16.4. The van der Waals surface area contributed by atoms with Gasteiger partial charge < -0.3 is 9.84 Å². The highest BCUT2D eigenvalue weighted by Crippen LogP contribution is 2.22. The third kappa shape index (κ3) is 3.00. The molecule has 0 spiro atoms. The van der Waals surface area contributed by atoms with E-state index in [2.05, 4.69) is 15.5 Å². The number of nitrogens with one attached hydrogen (secondary N) is 1. The highest BCUT2D eigenvalue weighted by Gasteiger charge is 2.34. The van der Waals surface area contributed by atoms with E-state index in [1.165, 1.54) is 4.90 Å². The number of benzene rings is 1. The van der Waals surface area contributed by atoms with Gasteiger partial charge in [-0.1, -0.05) is 17.3 Å². The van der Waals surface area contributed by atoms with Crippen LogP contribution in [-0.4, -0.2) is 46.5 Å². The molecule has 1 N–H and O–H groups in total. The maximum Gasteiger partial charge on any atom is 0.261 e. The number of carbonyl (C=O) groups excluding carboxylic acids is 2. The molecule has 2 amide bonds. The minimum absolute atomic E-state index is 0.232. The van der Waals surface area contributed by atoms with Crippen LogP contribution in [-0.2, 0) is 12.8 Å². The summed E-state index contributed by atoms with van der Waals surface area (Å²) >= 11 is 0. The van der Waals surface area contributed by atoms with Gasteiger partial charge in [0.2, 0.25) is 5.89 Å². The second-order valence-corrected chi connectivity index (χ2v) is 5.56. The van der Waals surface area contributed by atoms with Gasteiger partial charge in [0.05, 0.1) is 11.1 Å². The van der Waals surface area contributed by atoms with Gasteiger partial charge in [-0.2, -0.15) is 4.98 Å². The molecule has 0 fully saturated rings. The van der Waals surface area contributed by atoms with Crippen LogP contribution in [0.1, 0.15) is 39.4 Å². The largest absolute Gasteiger partial charge is 0.339 e. The van der Waals surface area contributed by atoms with E-state index in [1.807, 2.05) is 14.0 Å². The number of likely N-dealkylation sites (N-methyl/N-ethyl adjacent to an activating group) is 1. The molecule has 1 aliphatic rings. The van der Waals surface area contributed by atoms with Crippen LogP contribution in [0.15, 0.2) is 28.8 Å². The average molecular weight is 314 g/mol. The SMILES string of the molecule is CNC(C)Cc1noc(CCN2C(=O)c3ccccc3C2=O)n1. The van der Waals surface area contributed by atoms with E-state index in [0.717, 1.165) is 0 Å². The van der Waals surface area contributed by atoms with Gasteiger partial charge in [-0.15, -0.1) is 0 Å². The molecule has 1 aliphatic heterocycles. The lowest BCUT2D eigenvalue weighted by atomic mass is 10.1. The predicted octanol–water partition coefficient (Wildman–Crippen LogP) is 1.06. The molecule has 0 saturated heterocycles. The molecule has 120 valence electrons. The van der Waals surface area contributed by atoms with Gasteiger partial charge in [0.15, 0.2) is 5.82 Å². The number of amides is 2. The topological polar surface area (TPSA) is 88.3 Å². The van der Waals surface area contributed by atoms with Gasteiger partial charge >= 0.3 is 0 Å². The van der Waals surface area contributed by atoms with Gasteiger partial charge in [-0.3, -0.25) is 14.5 Å². The molecule has 23 heavy (non-hydrogen) atoms. The van der Waals surface area contributed by atoms with E-state index in [1.54, 1.807) is 24.3 Å². The Morgan fingerprint density at radius 1 is 1.22 bits per heavy atom. The van der Waals surface area contributed by atoms with Crippen LogP contribution in [0.2, 0.25) is 0 Å². The molecule has 7 nitrogen and oxygen atoms in total. The molecule has 1 aromatic heterocycles. The van der Waals surface area contributed by atoms with Crippen LogP contribution in [0.3, 0.4) is 0 Å². The zero-order valence-corrected chi connectivity index (χ0v) is 13.1. The standard InChI is InChI=1S/C16H18N4O3/c1-10(17-2)9-13-18-14(23-19-13)7-8-20-15(21)11-5-3-4-6-12(11)16(20)22/h3-6,10,17H,7-9H2,1-2H3. The number of hydrogen-bond acceptors (Lipinski definition) is 6. The molecular weight excluding hydrogens is 296 g/mol. The average Bonchev–Trinajstić information content (AvgIpc) is 3.10. The van der Waals surface area contributed by atoms with E-state index in [4.69, 9.17) is 4.52 Å². The molecule has 1 unspecified atom stereocenters. The van der Waals surface area contributed by atoms with Crippen molar-refractivity contribution >= 4 is 11.8 Å². The third-order valence-corrected chi connectivity index (χ3v) is 3.92. The Kier molecular flexibility index (Phi) is 4.20. The second kappa shape index (κ2) is 6.29. The van der Waals surface area contributed by atoms with Crippen molar-refractivity contribution in [3.8, 4) is 0 Å². The van der Waals surface area contributed by atoms with Crippen molar-refractivity contribution in [1.29, 1.82) is 0 Å². The zero-order valence-electron chi connectivity index (χ0n) is 13.1. The van der Waals surface area contributed by atoms with Gasteiger partial charge in [0, 0.05) is 25.4 Å². The first-order chi connectivity index (χ1) is 11.1. The van der Waals surface area contributed by atoms with Crippen LogP contribution >= 0.6 is 0 Å². The first kappa shape index (κ1) is 15.4. The van der Waals surface area contributed by atoms with Crippen LogP contribution in [0, 0.1) is 0 Å². The molecule has 3 rings (SSSR count). The number of aromatic nitrogens is 2. The summed E-state index contributed by atoms with van der Waals surface area (Å²) in [5.74, 6) is 0.507. The number of fused-ring (bicyclic) bond motifs is 1. The lowest BCUT2D eigenvalue weighted by Crippen LogP contribution is -2.31. The molecule has 2 heterocycles. The maximum atomic E-state index is 12.2. The van der Waals surface area contributed by atoms with Crippen molar-refractivity contribution in [1.82, 2.24) is 20.4 Å². The minimum atomic E-state index is -0.269. The van der Waals surface area contributed by atoms with E-state index < -0.39 is 0 Å². The Hall–Kier alpha value is -2.54. The monoisotopic (exact) mass is 314 g/mol. The lowest BCUT2D eigenvalue weighted by Gasteiger charge is -2.11.